The molecule has 3 aromatic rings. The van der Waals surface area contributed by atoms with Gasteiger partial charge in [0.25, 0.3) is 0 Å². The lowest BCUT2D eigenvalue weighted by molar-refractivity contribution is -0.112. The SMILES string of the molecule is CCOc1ccc(C=CC(=O)Nc2cccc(NC(=O)C=Cc3ccc(OCC)cc3)n2)cc1. The molecule has 174 valence electrons. The summed E-state index contributed by atoms with van der Waals surface area (Å²) in [6, 6.07) is 19.8. The van der Waals surface area contributed by atoms with E-state index in [1.54, 1.807) is 30.4 Å². The highest BCUT2D eigenvalue weighted by atomic mass is 16.5. The zero-order valence-electron chi connectivity index (χ0n) is 19.2. The quantitative estimate of drug-likeness (QED) is 0.409. The van der Waals surface area contributed by atoms with Crippen molar-refractivity contribution < 1.29 is 19.1 Å². The van der Waals surface area contributed by atoms with Crippen LogP contribution in [0.1, 0.15) is 25.0 Å². The molecule has 0 aliphatic rings. The number of amides is 2. The second-order valence-corrected chi connectivity index (χ2v) is 7.06. The third kappa shape index (κ3) is 7.94. The van der Waals surface area contributed by atoms with Crippen LogP contribution in [0.15, 0.2) is 78.9 Å². The minimum absolute atomic E-state index is 0.328. The average Bonchev–Trinajstić information content (AvgIpc) is 2.84. The van der Waals surface area contributed by atoms with E-state index in [9.17, 15) is 9.59 Å². The maximum atomic E-state index is 12.2. The number of nitrogens with one attached hydrogen (secondary N) is 2. The molecular formula is C27H27N3O4. The van der Waals surface area contributed by atoms with Gasteiger partial charge in [0.15, 0.2) is 0 Å². The molecule has 2 N–H and O–H groups in total. The summed E-state index contributed by atoms with van der Waals surface area (Å²) >= 11 is 0. The van der Waals surface area contributed by atoms with Gasteiger partial charge >= 0.3 is 0 Å². The van der Waals surface area contributed by atoms with E-state index in [1.165, 1.54) is 12.2 Å². The van der Waals surface area contributed by atoms with Crippen LogP contribution >= 0.6 is 0 Å². The van der Waals surface area contributed by atoms with Crippen molar-refractivity contribution in [1.29, 1.82) is 0 Å². The average molecular weight is 458 g/mol. The number of aromatic nitrogens is 1. The van der Waals surface area contributed by atoms with Gasteiger partial charge in [-0.15, -0.1) is 0 Å². The molecule has 7 heteroatoms. The lowest BCUT2D eigenvalue weighted by Gasteiger charge is -2.05. The molecule has 0 atom stereocenters. The number of carbonyl (C=O) groups is 2. The molecule has 1 aromatic heterocycles. The van der Waals surface area contributed by atoms with Crippen molar-refractivity contribution >= 4 is 35.6 Å². The van der Waals surface area contributed by atoms with Crippen LogP contribution in [0.25, 0.3) is 12.2 Å². The van der Waals surface area contributed by atoms with Crippen LogP contribution in [0.2, 0.25) is 0 Å². The largest absolute Gasteiger partial charge is 0.494 e. The molecule has 1 heterocycles. The molecule has 3 rings (SSSR count). The molecule has 0 saturated heterocycles. The maximum absolute atomic E-state index is 12.2. The summed E-state index contributed by atoms with van der Waals surface area (Å²) in [5.74, 6) is 1.55. The molecule has 0 aliphatic heterocycles. The van der Waals surface area contributed by atoms with Crippen molar-refractivity contribution in [2.24, 2.45) is 0 Å². The Kier molecular flexibility index (Phi) is 8.99. The normalized spacial score (nSPS) is 10.9. The Balaban J connectivity index is 1.53. The van der Waals surface area contributed by atoms with E-state index in [0.29, 0.717) is 24.8 Å². The number of rotatable bonds is 10. The van der Waals surface area contributed by atoms with Gasteiger partial charge in [-0.3, -0.25) is 9.59 Å². The topological polar surface area (TPSA) is 89.6 Å². The Morgan fingerprint density at radius 3 is 1.50 bits per heavy atom. The number of pyridine rings is 1. The lowest BCUT2D eigenvalue weighted by atomic mass is 10.2. The summed E-state index contributed by atoms with van der Waals surface area (Å²) in [5.41, 5.74) is 1.73. The molecule has 0 unspecified atom stereocenters. The van der Waals surface area contributed by atoms with Gasteiger partial charge < -0.3 is 20.1 Å². The van der Waals surface area contributed by atoms with Gasteiger partial charge in [0.1, 0.15) is 23.1 Å². The number of benzene rings is 2. The van der Waals surface area contributed by atoms with Crippen molar-refractivity contribution in [2.45, 2.75) is 13.8 Å². The minimum atomic E-state index is -0.333. The second-order valence-electron chi connectivity index (χ2n) is 7.06. The summed E-state index contributed by atoms with van der Waals surface area (Å²) in [6.45, 7) is 5.05. The monoisotopic (exact) mass is 457 g/mol. The first-order chi connectivity index (χ1) is 16.6. The highest BCUT2D eigenvalue weighted by Gasteiger charge is 2.04. The van der Waals surface area contributed by atoms with Crippen LogP contribution in [-0.4, -0.2) is 30.0 Å². The fraction of sp³-hybridized carbons (Fsp3) is 0.148. The van der Waals surface area contributed by atoms with Gasteiger partial charge in [0.2, 0.25) is 11.8 Å². The summed E-state index contributed by atoms with van der Waals surface area (Å²) in [5, 5.41) is 5.38. The maximum Gasteiger partial charge on any atom is 0.249 e. The van der Waals surface area contributed by atoms with E-state index in [1.807, 2.05) is 62.4 Å². The smallest absolute Gasteiger partial charge is 0.249 e. The number of carbonyl (C=O) groups excluding carboxylic acids is 2. The van der Waals surface area contributed by atoms with E-state index in [0.717, 1.165) is 22.6 Å². The Morgan fingerprint density at radius 1 is 0.706 bits per heavy atom. The van der Waals surface area contributed by atoms with Gasteiger partial charge in [-0.1, -0.05) is 30.3 Å². The van der Waals surface area contributed by atoms with E-state index < -0.39 is 0 Å². The molecule has 0 fully saturated rings. The van der Waals surface area contributed by atoms with Crippen molar-refractivity contribution in [3.63, 3.8) is 0 Å². The number of ether oxygens (including phenoxy) is 2. The Hall–Kier alpha value is -4.39. The third-order valence-corrected chi connectivity index (χ3v) is 4.49. The van der Waals surface area contributed by atoms with Crippen LogP contribution < -0.4 is 20.1 Å². The van der Waals surface area contributed by atoms with Crippen LogP contribution in [0.5, 0.6) is 11.5 Å². The predicted octanol–water partition coefficient (Wildman–Crippen LogP) is 5.18. The summed E-state index contributed by atoms with van der Waals surface area (Å²) in [4.78, 5) is 28.7. The predicted molar refractivity (Wildman–Crippen MR) is 135 cm³/mol. The molecular weight excluding hydrogens is 430 g/mol. The molecule has 2 aromatic carbocycles. The molecule has 7 nitrogen and oxygen atoms in total. The van der Waals surface area contributed by atoms with E-state index in [-0.39, 0.29) is 11.8 Å². The van der Waals surface area contributed by atoms with Gasteiger partial charge in [-0.2, -0.15) is 0 Å². The number of hydrogen-bond donors (Lipinski definition) is 2. The van der Waals surface area contributed by atoms with Crippen LogP contribution in [-0.2, 0) is 9.59 Å². The van der Waals surface area contributed by atoms with Crippen molar-refractivity contribution in [1.82, 2.24) is 4.98 Å². The van der Waals surface area contributed by atoms with Gasteiger partial charge in [0.05, 0.1) is 13.2 Å². The highest BCUT2D eigenvalue weighted by Crippen LogP contribution is 2.15. The third-order valence-electron chi connectivity index (χ3n) is 4.49. The molecule has 34 heavy (non-hydrogen) atoms. The van der Waals surface area contributed by atoms with Crippen LogP contribution in [0.4, 0.5) is 11.6 Å². The first kappa shape index (κ1) is 24.3. The summed E-state index contributed by atoms with van der Waals surface area (Å²) < 4.78 is 10.8. The Bertz CT molecular complexity index is 1060. The standard InChI is InChI=1S/C27H27N3O4/c1-3-33-22-14-8-20(9-15-22)12-18-26(31)29-24-6-5-7-25(28-24)30-27(32)19-13-21-10-16-23(17-11-21)34-4-2/h5-19H,3-4H2,1-2H3,(H2,28,29,30,31,32). The summed E-state index contributed by atoms with van der Waals surface area (Å²) in [7, 11) is 0. The fourth-order valence-electron chi connectivity index (χ4n) is 2.94. The highest BCUT2D eigenvalue weighted by molar-refractivity contribution is 6.03. The molecule has 2 amide bonds. The first-order valence-corrected chi connectivity index (χ1v) is 11.0. The van der Waals surface area contributed by atoms with Crippen molar-refractivity contribution in [3.05, 3.63) is 90.0 Å². The zero-order valence-corrected chi connectivity index (χ0v) is 19.2. The second kappa shape index (κ2) is 12.6. The lowest BCUT2D eigenvalue weighted by Crippen LogP contribution is -2.12. The summed E-state index contributed by atoms with van der Waals surface area (Å²) in [6.07, 6.45) is 6.23. The first-order valence-electron chi connectivity index (χ1n) is 11.0. The molecule has 0 spiro atoms. The number of nitrogens with zero attached hydrogens (tertiary/aromatic N) is 1. The minimum Gasteiger partial charge on any atom is -0.494 e. The van der Waals surface area contributed by atoms with E-state index in [2.05, 4.69) is 15.6 Å². The Labute approximate surface area is 199 Å². The molecule has 0 aliphatic carbocycles. The zero-order chi connectivity index (χ0) is 24.2. The van der Waals surface area contributed by atoms with E-state index in [4.69, 9.17) is 9.47 Å². The molecule has 0 radical (unpaired) electrons. The number of hydrogen-bond acceptors (Lipinski definition) is 5. The van der Waals surface area contributed by atoms with Gasteiger partial charge in [-0.25, -0.2) is 4.98 Å². The van der Waals surface area contributed by atoms with Crippen LogP contribution in [0, 0.1) is 0 Å². The molecule has 0 bridgehead atoms. The fourth-order valence-corrected chi connectivity index (χ4v) is 2.94. The van der Waals surface area contributed by atoms with Crippen molar-refractivity contribution in [2.75, 3.05) is 23.8 Å². The van der Waals surface area contributed by atoms with E-state index >= 15 is 0 Å². The van der Waals surface area contributed by atoms with Gasteiger partial charge in [0, 0.05) is 12.2 Å². The van der Waals surface area contributed by atoms with Crippen molar-refractivity contribution in [3.8, 4) is 11.5 Å². The van der Waals surface area contributed by atoms with Crippen LogP contribution in [0.3, 0.4) is 0 Å². The molecule has 0 saturated carbocycles. The number of anilines is 2. The van der Waals surface area contributed by atoms with Gasteiger partial charge in [-0.05, 0) is 73.5 Å². The Morgan fingerprint density at radius 2 is 1.12 bits per heavy atom.